The Labute approximate surface area is 113 Å². The lowest BCUT2D eigenvalue weighted by Crippen LogP contribution is -2.16. The average Bonchev–Trinajstić information content (AvgIpc) is 2.82. The summed E-state index contributed by atoms with van der Waals surface area (Å²) in [5.74, 6) is 0.566. The van der Waals surface area contributed by atoms with Crippen molar-refractivity contribution in [1.29, 1.82) is 5.26 Å². The number of hydrogen-bond acceptors (Lipinski definition) is 4. The van der Waals surface area contributed by atoms with Crippen molar-refractivity contribution >= 4 is 11.2 Å². The van der Waals surface area contributed by atoms with Gasteiger partial charge in [0.2, 0.25) is 0 Å². The van der Waals surface area contributed by atoms with Gasteiger partial charge in [0.05, 0.1) is 23.9 Å². The van der Waals surface area contributed by atoms with Crippen LogP contribution in [0.5, 0.6) is 5.75 Å². The van der Waals surface area contributed by atoms with Crippen molar-refractivity contribution in [2.75, 3.05) is 7.11 Å². The van der Waals surface area contributed by atoms with Crippen LogP contribution in [0.3, 0.4) is 0 Å². The maximum absolute atomic E-state index is 12.1. The molecular formula is C14H10N4O2. The number of fused-ring (bicyclic) bond motifs is 1. The van der Waals surface area contributed by atoms with Crippen LogP contribution in [0.25, 0.3) is 16.9 Å². The Morgan fingerprint density at radius 2 is 2.25 bits per heavy atom. The van der Waals surface area contributed by atoms with Crippen molar-refractivity contribution in [3.05, 3.63) is 52.6 Å². The average molecular weight is 266 g/mol. The van der Waals surface area contributed by atoms with Gasteiger partial charge in [-0.05, 0) is 24.3 Å². The molecule has 0 fully saturated rings. The first kappa shape index (κ1) is 12.0. The molecule has 0 unspecified atom stereocenters. The highest BCUT2D eigenvalue weighted by molar-refractivity contribution is 5.73. The van der Waals surface area contributed by atoms with Crippen LogP contribution in [0.1, 0.15) is 5.56 Å². The number of H-pyrrole nitrogens is 1. The van der Waals surface area contributed by atoms with Crippen molar-refractivity contribution < 1.29 is 4.74 Å². The zero-order chi connectivity index (χ0) is 14.1. The largest absolute Gasteiger partial charge is 0.497 e. The molecule has 0 bridgehead atoms. The zero-order valence-corrected chi connectivity index (χ0v) is 10.6. The molecule has 2 aromatic heterocycles. The molecule has 0 saturated heterocycles. The van der Waals surface area contributed by atoms with E-state index in [1.165, 1.54) is 11.7 Å². The van der Waals surface area contributed by atoms with E-state index in [4.69, 9.17) is 4.74 Å². The van der Waals surface area contributed by atoms with Gasteiger partial charge in [-0.15, -0.1) is 0 Å². The maximum Gasteiger partial charge on any atom is 0.332 e. The molecule has 0 aliphatic carbocycles. The second-order valence-corrected chi connectivity index (χ2v) is 4.14. The molecule has 0 aliphatic heterocycles. The van der Waals surface area contributed by atoms with Crippen LogP contribution in [-0.4, -0.2) is 21.6 Å². The van der Waals surface area contributed by atoms with E-state index in [9.17, 15) is 10.1 Å². The number of pyridine rings is 1. The van der Waals surface area contributed by atoms with E-state index in [2.05, 4.69) is 16.0 Å². The zero-order valence-electron chi connectivity index (χ0n) is 10.6. The van der Waals surface area contributed by atoms with E-state index in [0.717, 1.165) is 0 Å². The van der Waals surface area contributed by atoms with Gasteiger partial charge in [0.15, 0.2) is 5.65 Å². The van der Waals surface area contributed by atoms with Gasteiger partial charge >= 0.3 is 5.69 Å². The van der Waals surface area contributed by atoms with E-state index in [-0.39, 0.29) is 5.69 Å². The second kappa shape index (κ2) is 4.55. The van der Waals surface area contributed by atoms with Crippen molar-refractivity contribution in [1.82, 2.24) is 14.5 Å². The fourth-order valence-corrected chi connectivity index (χ4v) is 2.08. The Hall–Kier alpha value is -3.07. The molecule has 0 amide bonds. The Morgan fingerprint density at radius 1 is 1.40 bits per heavy atom. The number of aromatic amines is 1. The lowest BCUT2D eigenvalue weighted by atomic mass is 10.2. The fraction of sp³-hybridized carbons (Fsp3) is 0.0714. The third kappa shape index (κ3) is 1.73. The topological polar surface area (TPSA) is 83.7 Å². The van der Waals surface area contributed by atoms with Crippen LogP contribution in [0.15, 0.2) is 41.3 Å². The monoisotopic (exact) mass is 266 g/mol. The first-order chi connectivity index (χ1) is 9.74. The molecule has 6 heteroatoms. The molecular weight excluding hydrogens is 256 g/mol. The SMILES string of the molecule is COc1ccc(C#N)c(-n2c(=O)[nH]c3cccnc32)c1. The van der Waals surface area contributed by atoms with Gasteiger partial charge in [-0.3, -0.25) is 0 Å². The highest BCUT2D eigenvalue weighted by Crippen LogP contribution is 2.22. The van der Waals surface area contributed by atoms with Crippen LogP contribution in [0, 0.1) is 11.3 Å². The molecule has 3 aromatic rings. The molecule has 2 heterocycles. The summed E-state index contributed by atoms with van der Waals surface area (Å²) in [6.45, 7) is 0. The summed E-state index contributed by atoms with van der Waals surface area (Å²) in [5, 5.41) is 9.21. The Bertz CT molecular complexity index is 886. The molecule has 3 rings (SSSR count). The number of rotatable bonds is 2. The summed E-state index contributed by atoms with van der Waals surface area (Å²) in [4.78, 5) is 19.0. The number of ether oxygens (including phenoxy) is 1. The summed E-state index contributed by atoms with van der Waals surface area (Å²) < 4.78 is 6.52. The Balaban J connectivity index is 2.39. The predicted molar refractivity (Wildman–Crippen MR) is 73.0 cm³/mol. The first-order valence-corrected chi connectivity index (χ1v) is 5.89. The summed E-state index contributed by atoms with van der Waals surface area (Å²) in [6, 6.07) is 10.5. The van der Waals surface area contributed by atoms with E-state index in [1.807, 2.05) is 0 Å². The minimum Gasteiger partial charge on any atom is -0.497 e. The van der Waals surface area contributed by atoms with E-state index in [0.29, 0.717) is 28.2 Å². The van der Waals surface area contributed by atoms with Gasteiger partial charge < -0.3 is 9.72 Å². The first-order valence-electron chi connectivity index (χ1n) is 5.89. The maximum atomic E-state index is 12.1. The predicted octanol–water partition coefficient (Wildman–Crippen LogP) is 1.59. The lowest BCUT2D eigenvalue weighted by molar-refractivity contribution is 0.414. The standard InChI is InChI=1S/C14H10N4O2/c1-20-10-5-4-9(8-15)12(7-10)18-13-11(17-14(18)19)3-2-6-16-13/h2-7H,1H3,(H,17,19). The number of nitrogens with zero attached hydrogens (tertiary/aromatic N) is 3. The van der Waals surface area contributed by atoms with Gasteiger partial charge in [0, 0.05) is 12.3 Å². The van der Waals surface area contributed by atoms with Crippen LogP contribution >= 0.6 is 0 Å². The normalized spacial score (nSPS) is 10.4. The molecule has 6 nitrogen and oxygen atoms in total. The number of nitrogens with one attached hydrogen (secondary N) is 1. The molecule has 0 spiro atoms. The summed E-state index contributed by atoms with van der Waals surface area (Å²) >= 11 is 0. The molecule has 20 heavy (non-hydrogen) atoms. The molecule has 0 aliphatic rings. The molecule has 0 atom stereocenters. The summed E-state index contributed by atoms with van der Waals surface area (Å²) in [6.07, 6.45) is 1.60. The second-order valence-electron chi connectivity index (χ2n) is 4.14. The van der Waals surface area contributed by atoms with Gasteiger partial charge in [0.1, 0.15) is 11.8 Å². The van der Waals surface area contributed by atoms with Crippen LogP contribution in [0.2, 0.25) is 0 Å². The quantitative estimate of drug-likeness (QED) is 0.763. The number of benzene rings is 1. The van der Waals surface area contributed by atoms with Gasteiger partial charge in [-0.2, -0.15) is 5.26 Å². The molecule has 1 aromatic carbocycles. The third-order valence-electron chi connectivity index (χ3n) is 3.01. The number of imidazole rings is 1. The smallest absolute Gasteiger partial charge is 0.332 e. The van der Waals surface area contributed by atoms with Crippen LogP contribution < -0.4 is 10.4 Å². The molecule has 1 N–H and O–H groups in total. The number of nitriles is 1. The Morgan fingerprint density at radius 3 is 3.00 bits per heavy atom. The molecule has 0 saturated carbocycles. The Kier molecular flexibility index (Phi) is 2.73. The highest BCUT2D eigenvalue weighted by atomic mass is 16.5. The van der Waals surface area contributed by atoms with Gasteiger partial charge in [-0.1, -0.05) is 0 Å². The van der Waals surface area contributed by atoms with E-state index in [1.54, 1.807) is 36.5 Å². The van der Waals surface area contributed by atoms with Crippen molar-refractivity contribution in [2.24, 2.45) is 0 Å². The van der Waals surface area contributed by atoms with Crippen molar-refractivity contribution in [3.63, 3.8) is 0 Å². The van der Waals surface area contributed by atoms with Gasteiger partial charge in [0.25, 0.3) is 0 Å². The van der Waals surface area contributed by atoms with Crippen molar-refractivity contribution in [3.8, 4) is 17.5 Å². The summed E-state index contributed by atoms with van der Waals surface area (Å²) in [5.41, 5.74) is 1.57. The third-order valence-corrected chi connectivity index (χ3v) is 3.01. The number of methoxy groups -OCH3 is 1. The highest BCUT2D eigenvalue weighted by Gasteiger charge is 2.14. The lowest BCUT2D eigenvalue weighted by Gasteiger charge is -2.07. The molecule has 0 radical (unpaired) electrons. The minimum atomic E-state index is -0.344. The van der Waals surface area contributed by atoms with E-state index < -0.39 is 0 Å². The van der Waals surface area contributed by atoms with Crippen molar-refractivity contribution in [2.45, 2.75) is 0 Å². The minimum absolute atomic E-state index is 0.344. The van der Waals surface area contributed by atoms with E-state index >= 15 is 0 Å². The van der Waals surface area contributed by atoms with Gasteiger partial charge in [-0.25, -0.2) is 14.3 Å². The van der Waals surface area contributed by atoms with Crippen LogP contribution in [-0.2, 0) is 0 Å². The summed E-state index contributed by atoms with van der Waals surface area (Å²) in [7, 11) is 1.53. The van der Waals surface area contributed by atoms with Crippen LogP contribution in [0.4, 0.5) is 0 Å². The fourth-order valence-electron chi connectivity index (χ4n) is 2.08. The molecule has 98 valence electrons. The number of aromatic nitrogens is 3. The number of hydrogen-bond donors (Lipinski definition) is 1.